The Morgan fingerprint density at radius 1 is 1.43 bits per heavy atom. The number of hydrogen-bond acceptors (Lipinski definition) is 5. The Balaban J connectivity index is 3.02. The van der Waals surface area contributed by atoms with Crippen LogP contribution in [0.4, 0.5) is 11.4 Å². The molecule has 8 N–H and O–H groups in total. The van der Waals surface area contributed by atoms with Crippen molar-refractivity contribution >= 4 is 17.2 Å². The molecule has 6 heteroatoms. The van der Waals surface area contributed by atoms with Gasteiger partial charge in [-0.3, -0.25) is 0 Å². The van der Waals surface area contributed by atoms with E-state index in [1.165, 1.54) is 0 Å². The van der Waals surface area contributed by atoms with Gasteiger partial charge < -0.3 is 16.8 Å². The Bertz CT molecular complexity index is 346. The molecule has 0 saturated heterocycles. The van der Waals surface area contributed by atoms with E-state index in [9.17, 15) is 0 Å². The first-order chi connectivity index (χ1) is 6.69. The summed E-state index contributed by atoms with van der Waals surface area (Å²) in [4.78, 5) is 0. The third-order valence-electron chi connectivity index (χ3n) is 1.80. The quantitative estimate of drug-likeness (QED) is 0.145. The molecule has 0 radical (unpaired) electrons. The van der Waals surface area contributed by atoms with Crippen LogP contribution < -0.4 is 28.2 Å². The van der Waals surface area contributed by atoms with E-state index in [0.29, 0.717) is 11.5 Å². The highest BCUT2D eigenvalue weighted by atomic mass is 15.5. The lowest BCUT2D eigenvalue weighted by atomic mass is 10.1. The first-order valence-corrected chi connectivity index (χ1v) is 4.05. The SMILES string of the molecule is CNc1ccc(/C(N)=N/NN)cc1N. The van der Waals surface area contributed by atoms with Crippen molar-refractivity contribution in [2.45, 2.75) is 0 Å². The van der Waals surface area contributed by atoms with Gasteiger partial charge in [-0.2, -0.15) is 0 Å². The van der Waals surface area contributed by atoms with Crippen LogP contribution in [0.15, 0.2) is 23.3 Å². The number of nitrogens with two attached hydrogens (primary N) is 3. The molecule has 0 saturated carbocycles. The van der Waals surface area contributed by atoms with Crippen molar-refractivity contribution in [1.82, 2.24) is 5.53 Å². The number of amidine groups is 1. The number of anilines is 2. The van der Waals surface area contributed by atoms with Crippen LogP contribution in [-0.4, -0.2) is 12.9 Å². The van der Waals surface area contributed by atoms with Gasteiger partial charge in [0.05, 0.1) is 11.4 Å². The van der Waals surface area contributed by atoms with Crippen molar-refractivity contribution in [1.29, 1.82) is 0 Å². The molecule has 1 aromatic rings. The van der Waals surface area contributed by atoms with Crippen molar-refractivity contribution in [3.05, 3.63) is 23.8 Å². The highest BCUT2D eigenvalue weighted by Gasteiger charge is 2.01. The minimum Gasteiger partial charge on any atom is -0.397 e. The Morgan fingerprint density at radius 3 is 2.64 bits per heavy atom. The fourth-order valence-corrected chi connectivity index (χ4v) is 1.08. The molecule has 76 valence electrons. The van der Waals surface area contributed by atoms with E-state index >= 15 is 0 Å². The highest BCUT2D eigenvalue weighted by Crippen LogP contribution is 2.18. The van der Waals surface area contributed by atoms with Crippen molar-refractivity contribution in [2.75, 3.05) is 18.1 Å². The second-order valence-electron chi connectivity index (χ2n) is 2.68. The molecule has 6 nitrogen and oxygen atoms in total. The molecule has 0 spiro atoms. The summed E-state index contributed by atoms with van der Waals surface area (Å²) in [5.74, 6) is 5.29. The average Bonchev–Trinajstić information content (AvgIpc) is 2.18. The number of hydrazone groups is 1. The molecule has 0 bridgehead atoms. The van der Waals surface area contributed by atoms with Gasteiger partial charge in [0.2, 0.25) is 0 Å². The molecule has 0 amide bonds. The first kappa shape index (κ1) is 10.1. The van der Waals surface area contributed by atoms with Gasteiger partial charge in [-0.15, -0.1) is 5.10 Å². The normalized spacial score (nSPS) is 11.1. The van der Waals surface area contributed by atoms with Gasteiger partial charge in [-0.1, -0.05) is 0 Å². The van der Waals surface area contributed by atoms with Crippen molar-refractivity contribution in [3.8, 4) is 0 Å². The van der Waals surface area contributed by atoms with E-state index in [4.69, 9.17) is 17.3 Å². The summed E-state index contributed by atoms with van der Waals surface area (Å²) in [6, 6.07) is 5.35. The third-order valence-corrected chi connectivity index (χ3v) is 1.80. The highest BCUT2D eigenvalue weighted by molar-refractivity contribution is 5.98. The van der Waals surface area contributed by atoms with Crippen LogP contribution in [-0.2, 0) is 0 Å². The molecular formula is C8H14N6. The predicted molar refractivity (Wildman–Crippen MR) is 58.4 cm³/mol. The monoisotopic (exact) mass is 194 g/mol. The fraction of sp³-hybridized carbons (Fsp3) is 0.125. The van der Waals surface area contributed by atoms with E-state index in [2.05, 4.69) is 16.0 Å². The van der Waals surface area contributed by atoms with Gasteiger partial charge in [0.25, 0.3) is 0 Å². The molecule has 0 aliphatic rings. The summed E-state index contributed by atoms with van der Waals surface area (Å²) in [6.07, 6.45) is 0. The second kappa shape index (κ2) is 4.33. The average molecular weight is 194 g/mol. The topological polar surface area (TPSA) is 114 Å². The summed E-state index contributed by atoms with van der Waals surface area (Å²) in [7, 11) is 1.80. The van der Waals surface area contributed by atoms with Gasteiger partial charge >= 0.3 is 0 Å². The summed E-state index contributed by atoms with van der Waals surface area (Å²) >= 11 is 0. The molecule has 1 rings (SSSR count). The molecular weight excluding hydrogens is 180 g/mol. The molecule has 0 heterocycles. The van der Waals surface area contributed by atoms with Crippen LogP contribution in [0.3, 0.4) is 0 Å². The van der Waals surface area contributed by atoms with Crippen LogP contribution in [0.5, 0.6) is 0 Å². The summed E-state index contributed by atoms with van der Waals surface area (Å²) < 4.78 is 0. The van der Waals surface area contributed by atoms with Crippen molar-refractivity contribution in [3.63, 3.8) is 0 Å². The summed E-state index contributed by atoms with van der Waals surface area (Å²) in [5.41, 5.74) is 15.6. The Morgan fingerprint density at radius 2 is 2.14 bits per heavy atom. The molecule has 0 fully saturated rings. The van der Waals surface area contributed by atoms with Gasteiger partial charge in [0.1, 0.15) is 0 Å². The minimum absolute atomic E-state index is 0.293. The Hall–Kier alpha value is -1.95. The molecule has 1 aromatic carbocycles. The van der Waals surface area contributed by atoms with Crippen LogP contribution in [0, 0.1) is 0 Å². The summed E-state index contributed by atoms with van der Waals surface area (Å²) in [5, 5.41) is 6.59. The number of rotatable bonds is 3. The number of nitrogens with zero attached hydrogens (tertiary/aromatic N) is 1. The predicted octanol–water partition coefficient (Wildman–Crippen LogP) is -0.606. The largest absolute Gasteiger partial charge is 0.397 e. The summed E-state index contributed by atoms with van der Waals surface area (Å²) in [6.45, 7) is 0. The maximum Gasteiger partial charge on any atom is 0.152 e. The van der Waals surface area contributed by atoms with E-state index in [1.54, 1.807) is 19.2 Å². The lowest BCUT2D eigenvalue weighted by Crippen LogP contribution is -2.23. The zero-order chi connectivity index (χ0) is 10.6. The number of hydrazine groups is 1. The molecule has 0 atom stereocenters. The number of hydrogen-bond donors (Lipinski definition) is 5. The maximum absolute atomic E-state index is 5.74. The van der Waals surface area contributed by atoms with Crippen LogP contribution in [0.25, 0.3) is 0 Å². The van der Waals surface area contributed by atoms with Gasteiger partial charge in [-0.05, 0) is 18.2 Å². The molecule has 14 heavy (non-hydrogen) atoms. The standard InChI is InChI=1S/C8H14N6/c1-12-7-3-2-5(4-6(7)9)8(10)13-14-11/h2-4,12,14H,9,11H2,1H3,(H2,10,13). The number of benzene rings is 1. The fourth-order valence-electron chi connectivity index (χ4n) is 1.08. The van der Waals surface area contributed by atoms with E-state index < -0.39 is 0 Å². The third kappa shape index (κ3) is 2.05. The van der Waals surface area contributed by atoms with Gasteiger partial charge in [-0.25, -0.2) is 11.4 Å². The minimum atomic E-state index is 0.293. The van der Waals surface area contributed by atoms with E-state index in [1.807, 2.05) is 6.07 Å². The van der Waals surface area contributed by atoms with Gasteiger partial charge in [0, 0.05) is 12.6 Å². The van der Waals surface area contributed by atoms with Crippen molar-refractivity contribution in [2.24, 2.45) is 16.7 Å². The van der Waals surface area contributed by atoms with Gasteiger partial charge in [0.15, 0.2) is 5.84 Å². The lowest BCUT2D eigenvalue weighted by Gasteiger charge is -2.06. The Labute approximate surface area is 82.1 Å². The van der Waals surface area contributed by atoms with Crippen LogP contribution in [0.1, 0.15) is 5.56 Å². The molecule has 0 unspecified atom stereocenters. The zero-order valence-corrected chi connectivity index (χ0v) is 7.91. The second-order valence-corrected chi connectivity index (χ2v) is 2.68. The number of nitrogens with one attached hydrogen (secondary N) is 2. The van der Waals surface area contributed by atoms with Crippen molar-refractivity contribution < 1.29 is 0 Å². The van der Waals surface area contributed by atoms with Crippen LogP contribution >= 0.6 is 0 Å². The Kier molecular flexibility index (Phi) is 3.14. The molecule has 0 aliphatic heterocycles. The number of nitrogen functional groups attached to an aromatic ring is 1. The van der Waals surface area contributed by atoms with E-state index in [-0.39, 0.29) is 0 Å². The molecule has 0 aliphatic carbocycles. The molecule has 0 aromatic heterocycles. The first-order valence-electron chi connectivity index (χ1n) is 4.05. The van der Waals surface area contributed by atoms with E-state index in [0.717, 1.165) is 11.3 Å². The smallest absolute Gasteiger partial charge is 0.152 e. The lowest BCUT2D eigenvalue weighted by molar-refractivity contribution is 0.804. The zero-order valence-electron chi connectivity index (χ0n) is 7.91. The van der Waals surface area contributed by atoms with Crippen LogP contribution in [0.2, 0.25) is 0 Å². The maximum atomic E-state index is 5.74.